The van der Waals surface area contributed by atoms with E-state index in [1.165, 1.54) is 6.42 Å². The first kappa shape index (κ1) is 11.5. The molecule has 0 aliphatic heterocycles. The molecule has 1 saturated carbocycles. The predicted molar refractivity (Wildman–Crippen MR) is 49.1 cm³/mol. The highest BCUT2D eigenvalue weighted by atomic mass is 16.5. The van der Waals surface area contributed by atoms with Crippen LogP contribution in [-0.2, 0) is 14.6 Å². The van der Waals surface area contributed by atoms with Crippen molar-refractivity contribution < 1.29 is 19.7 Å². The van der Waals surface area contributed by atoms with E-state index in [9.17, 15) is 9.90 Å². The molecule has 0 aromatic carbocycles. The summed E-state index contributed by atoms with van der Waals surface area (Å²) in [7, 11) is 0. The van der Waals surface area contributed by atoms with Crippen molar-refractivity contribution >= 4 is 5.97 Å². The molecule has 1 atom stereocenters. The maximum atomic E-state index is 11.4. The van der Waals surface area contributed by atoms with E-state index in [2.05, 4.69) is 0 Å². The number of rotatable bonds is 4. The first-order valence-electron chi connectivity index (χ1n) is 5.17. The van der Waals surface area contributed by atoms with Crippen molar-refractivity contribution in [3.8, 4) is 0 Å². The van der Waals surface area contributed by atoms with E-state index < -0.39 is 12.7 Å². The van der Waals surface area contributed by atoms with E-state index in [1.807, 2.05) is 0 Å². The fraction of sp³-hybridized carbons (Fsp3) is 0.900. The van der Waals surface area contributed by atoms with Crippen LogP contribution in [0.3, 0.4) is 0 Å². The highest BCUT2D eigenvalue weighted by molar-refractivity contribution is 5.72. The van der Waals surface area contributed by atoms with Crippen LogP contribution < -0.4 is 0 Å². The quantitative estimate of drug-likeness (QED) is 0.687. The van der Waals surface area contributed by atoms with E-state index in [0.29, 0.717) is 0 Å². The molecule has 1 rings (SSSR count). The number of carbonyl (C=O) groups is 1. The van der Waals surface area contributed by atoms with Gasteiger partial charge in [-0.25, -0.2) is 5.11 Å². The van der Waals surface area contributed by atoms with Crippen LogP contribution in [0, 0.1) is 5.92 Å². The summed E-state index contributed by atoms with van der Waals surface area (Å²) in [6.45, 7) is -0.767. The average molecular weight is 201 g/mol. The molecule has 4 nitrogen and oxygen atoms in total. The van der Waals surface area contributed by atoms with Gasteiger partial charge in [0.15, 0.2) is 0 Å². The minimum Gasteiger partial charge on any atom is -0.463 e. The van der Waals surface area contributed by atoms with Gasteiger partial charge in [0.1, 0.15) is 19.3 Å². The molecule has 0 spiro atoms. The van der Waals surface area contributed by atoms with Gasteiger partial charge in [-0.15, -0.1) is 0 Å². The Balaban J connectivity index is 2.19. The Morgan fingerprint density at radius 3 is 2.57 bits per heavy atom. The Labute approximate surface area is 83.9 Å². The Bertz CT molecular complexity index is 175. The second-order valence-corrected chi connectivity index (χ2v) is 3.79. The summed E-state index contributed by atoms with van der Waals surface area (Å²) in [6.07, 6.45) is 4.04. The molecule has 1 fully saturated rings. The Hall–Kier alpha value is -0.610. The molecule has 4 heteroatoms. The lowest BCUT2D eigenvalue weighted by Gasteiger charge is -2.20. The first-order chi connectivity index (χ1) is 6.74. The Kier molecular flexibility index (Phi) is 4.90. The van der Waals surface area contributed by atoms with Gasteiger partial charge < -0.3 is 9.84 Å². The van der Waals surface area contributed by atoms with Crippen LogP contribution in [0.1, 0.15) is 32.1 Å². The third kappa shape index (κ3) is 3.64. The van der Waals surface area contributed by atoms with Crippen LogP contribution in [0.25, 0.3) is 0 Å². The van der Waals surface area contributed by atoms with Crippen molar-refractivity contribution in [2.75, 3.05) is 13.2 Å². The molecule has 0 bridgehead atoms. The van der Waals surface area contributed by atoms with Crippen LogP contribution in [0.5, 0.6) is 0 Å². The standard InChI is InChI=1S/C10H17O4/c11-6-9(12)7-14-10(13)8-4-2-1-3-5-8/h8-9,12H,1-7H2. The molecule has 0 amide bonds. The van der Waals surface area contributed by atoms with E-state index in [1.54, 1.807) is 0 Å². The number of hydrogen-bond donors (Lipinski definition) is 1. The maximum absolute atomic E-state index is 11.4. The van der Waals surface area contributed by atoms with Gasteiger partial charge in [0.25, 0.3) is 0 Å². The summed E-state index contributed by atoms with van der Waals surface area (Å²) in [5.74, 6) is -0.264. The van der Waals surface area contributed by atoms with E-state index in [-0.39, 0.29) is 18.5 Å². The summed E-state index contributed by atoms with van der Waals surface area (Å²) in [6, 6.07) is 0. The van der Waals surface area contributed by atoms with Gasteiger partial charge in [0.2, 0.25) is 0 Å². The van der Waals surface area contributed by atoms with Crippen molar-refractivity contribution in [1.82, 2.24) is 0 Å². The topological polar surface area (TPSA) is 66.4 Å². The molecule has 1 aliphatic rings. The molecular formula is C10H17O4. The highest BCUT2D eigenvalue weighted by Gasteiger charge is 2.22. The zero-order valence-corrected chi connectivity index (χ0v) is 8.28. The van der Waals surface area contributed by atoms with Crippen LogP contribution in [0.2, 0.25) is 0 Å². The summed E-state index contributed by atoms with van der Waals surface area (Å²) in [5.41, 5.74) is 0. The number of ether oxygens (including phenoxy) is 1. The fourth-order valence-electron chi connectivity index (χ4n) is 1.68. The van der Waals surface area contributed by atoms with Crippen LogP contribution >= 0.6 is 0 Å². The zero-order chi connectivity index (χ0) is 10.4. The van der Waals surface area contributed by atoms with E-state index in [0.717, 1.165) is 25.7 Å². The number of hydrogen-bond acceptors (Lipinski definition) is 3. The lowest BCUT2D eigenvalue weighted by atomic mass is 9.89. The normalized spacial score (nSPS) is 20.4. The zero-order valence-electron chi connectivity index (χ0n) is 8.28. The van der Waals surface area contributed by atoms with Crippen molar-refractivity contribution in [2.45, 2.75) is 38.2 Å². The summed E-state index contributed by atoms with van der Waals surface area (Å²) >= 11 is 0. The lowest BCUT2D eigenvalue weighted by molar-refractivity contribution is -0.153. The molecule has 0 heterocycles. The molecule has 14 heavy (non-hydrogen) atoms. The number of carbonyl (C=O) groups excluding carboxylic acids is 1. The van der Waals surface area contributed by atoms with E-state index >= 15 is 0 Å². The molecule has 1 aliphatic carbocycles. The van der Waals surface area contributed by atoms with Crippen LogP contribution in [-0.4, -0.2) is 30.4 Å². The van der Waals surface area contributed by atoms with Crippen molar-refractivity contribution in [2.24, 2.45) is 5.92 Å². The third-order valence-corrected chi connectivity index (χ3v) is 2.55. The van der Waals surface area contributed by atoms with Crippen molar-refractivity contribution in [1.29, 1.82) is 0 Å². The fourth-order valence-corrected chi connectivity index (χ4v) is 1.68. The molecule has 0 aromatic heterocycles. The number of aliphatic hydroxyl groups excluding tert-OH is 1. The Morgan fingerprint density at radius 2 is 2.00 bits per heavy atom. The lowest BCUT2D eigenvalue weighted by Crippen LogP contribution is -2.26. The smallest absolute Gasteiger partial charge is 0.309 e. The highest BCUT2D eigenvalue weighted by Crippen LogP contribution is 2.24. The van der Waals surface area contributed by atoms with Gasteiger partial charge in [-0.1, -0.05) is 19.3 Å². The van der Waals surface area contributed by atoms with E-state index in [4.69, 9.17) is 9.84 Å². The SMILES string of the molecule is [O]CC(O)COC(=O)C1CCCCC1. The monoisotopic (exact) mass is 201 g/mol. The Morgan fingerprint density at radius 1 is 1.36 bits per heavy atom. The average Bonchev–Trinajstić information content (AvgIpc) is 2.26. The first-order valence-corrected chi connectivity index (χ1v) is 5.17. The van der Waals surface area contributed by atoms with Gasteiger partial charge >= 0.3 is 5.97 Å². The van der Waals surface area contributed by atoms with Gasteiger partial charge in [-0.05, 0) is 12.8 Å². The van der Waals surface area contributed by atoms with Gasteiger partial charge in [0.05, 0.1) is 5.92 Å². The predicted octanol–water partition coefficient (Wildman–Crippen LogP) is 0.901. The van der Waals surface area contributed by atoms with Gasteiger partial charge in [-0.2, -0.15) is 0 Å². The van der Waals surface area contributed by atoms with Crippen LogP contribution in [0.4, 0.5) is 0 Å². The second kappa shape index (κ2) is 5.98. The second-order valence-electron chi connectivity index (χ2n) is 3.79. The van der Waals surface area contributed by atoms with Crippen molar-refractivity contribution in [3.05, 3.63) is 0 Å². The molecule has 1 radical (unpaired) electrons. The summed E-state index contributed by atoms with van der Waals surface area (Å²) in [4.78, 5) is 11.4. The maximum Gasteiger partial charge on any atom is 0.309 e. The minimum atomic E-state index is -1.05. The number of aliphatic hydroxyl groups is 1. The molecular weight excluding hydrogens is 184 g/mol. The van der Waals surface area contributed by atoms with Gasteiger partial charge in [-0.3, -0.25) is 4.79 Å². The van der Waals surface area contributed by atoms with Crippen LogP contribution in [0.15, 0.2) is 0 Å². The molecule has 1 unspecified atom stereocenters. The number of esters is 1. The molecule has 0 aromatic rings. The summed E-state index contributed by atoms with van der Waals surface area (Å²) < 4.78 is 4.85. The molecule has 1 N–H and O–H groups in total. The molecule has 81 valence electrons. The van der Waals surface area contributed by atoms with Crippen molar-refractivity contribution in [3.63, 3.8) is 0 Å². The largest absolute Gasteiger partial charge is 0.463 e. The third-order valence-electron chi connectivity index (χ3n) is 2.55. The molecule has 0 saturated heterocycles. The summed E-state index contributed by atoms with van der Waals surface area (Å²) in [5, 5.41) is 19.1. The van der Waals surface area contributed by atoms with Gasteiger partial charge in [0, 0.05) is 0 Å². The minimum absolute atomic E-state index is 0.0115.